The maximum absolute atomic E-state index is 12.6. The Morgan fingerprint density at radius 1 is 1.05 bits per heavy atom. The lowest BCUT2D eigenvalue weighted by atomic mass is 9.80. The molecule has 22 heavy (non-hydrogen) atoms. The summed E-state index contributed by atoms with van der Waals surface area (Å²) in [6, 6.07) is -0.771. The molecule has 1 aliphatic heterocycles. The molecule has 0 spiro atoms. The third-order valence-corrected chi connectivity index (χ3v) is 4.88. The standard InChI is InChI=1S/C15H22F3NO3/c16-15(17,18)11-6-4-10(5-7-11)9-13(20)19-8-2-1-3-12(19)14(21)22/h10-12H,1-9H2,(H,21,22)/t10?,11?,12-/m1/s1. The van der Waals surface area contributed by atoms with Gasteiger partial charge in [-0.1, -0.05) is 0 Å². The van der Waals surface area contributed by atoms with Gasteiger partial charge in [0.1, 0.15) is 6.04 Å². The van der Waals surface area contributed by atoms with Crippen LogP contribution >= 0.6 is 0 Å². The highest BCUT2D eigenvalue weighted by atomic mass is 19.4. The topological polar surface area (TPSA) is 57.6 Å². The summed E-state index contributed by atoms with van der Waals surface area (Å²) in [7, 11) is 0. The van der Waals surface area contributed by atoms with Crippen molar-refractivity contribution in [2.75, 3.05) is 6.54 Å². The van der Waals surface area contributed by atoms with Crippen LogP contribution in [0.3, 0.4) is 0 Å². The second-order valence-corrected chi connectivity index (χ2v) is 6.40. The van der Waals surface area contributed by atoms with E-state index in [0.29, 0.717) is 25.8 Å². The maximum Gasteiger partial charge on any atom is 0.391 e. The molecule has 1 heterocycles. The number of piperidine rings is 1. The Morgan fingerprint density at radius 3 is 2.23 bits per heavy atom. The minimum atomic E-state index is -4.14. The zero-order valence-corrected chi connectivity index (χ0v) is 12.4. The van der Waals surface area contributed by atoms with Gasteiger partial charge >= 0.3 is 12.1 Å². The number of alkyl halides is 3. The van der Waals surface area contributed by atoms with Gasteiger partial charge in [0.15, 0.2) is 0 Å². The minimum absolute atomic E-state index is 0.0533. The first-order valence-electron chi connectivity index (χ1n) is 7.88. The molecular weight excluding hydrogens is 299 g/mol. The smallest absolute Gasteiger partial charge is 0.391 e. The lowest BCUT2D eigenvalue weighted by molar-refractivity contribution is -0.184. The second-order valence-electron chi connectivity index (χ2n) is 6.40. The first-order valence-corrected chi connectivity index (χ1v) is 7.88. The number of nitrogens with zero attached hydrogens (tertiary/aromatic N) is 1. The van der Waals surface area contributed by atoms with E-state index in [1.165, 1.54) is 4.90 Å². The molecule has 2 fully saturated rings. The molecule has 2 rings (SSSR count). The van der Waals surface area contributed by atoms with Crippen molar-refractivity contribution in [2.45, 2.75) is 63.6 Å². The number of aliphatic carboxylic acids is 1. The molecule has 0 bridgehead atoms. The summed E-state index contributed by atoms with van der Waals surface area (Å²) in [6.07, 6.45) is -1.00. The first-order chi connectivity index (χ1) is 10.3. The van der Waals surface area contributed by atoms with Gasteiger partial charge in [-0.25, -0.2) is 4.79 Å². The van der Waals surface area contributed by atoms with Crippen molar-refractivity contribution < 1.29 is 27.9 Å². The van der Waals surface area contributed by atoms with Gasteiger partial charge in [-0.15, -0.1) is 0 Å². The Balaban J connectivity index is 1.86. The Morgan fingerprint density at radius 2 is 1.68 bits per heavy atom. The molecule has 1 saturated carbocycles. The summed E-state index contributed by atoms with van der Waals surface area (Å²) in [5.41, 5.74) is 0. The number of carbonyl (C=O) groups excluding carboxylic acids is 1. The van der Waals surface area contributed by atoms with Gasteiger partial charge < -0.3 is 10.0 Å². The van der Waals surface area contributed by atoms with Crippen molar-refractivity contribution in [1.82, 2.24) is 4.90 Å². The molecule has 1 N–H and O–H groups in total. The molecule has 0 aromatic rings. The van der Waals surface area contributed by atoms with E-state index in [-0.39, 0.29) is 31.1 Å². The molecule has 0 aromatic carbocycles. The van der Waals surface area contributed by atoms with Crippen LogP contribution in [0.25, 0.3) is 0 Å². The number of amides is 1. The van der Waals surface area contributed by atoms with E-state index < -0.39 is 24.1 Å². The van der Waals surface area contributed by atoms with E-state index in [1.807, 2.05) is 0 Å². The quantitative estimate of drug-likeness (QED) is 0.868. The molecule has 4 nitrogen and oxygen atoms in total. The predicted octanol–water partition coefficient (Wildman–Crippen LogP) is 3.21. The Bertz CT molecular complexity index is 417. The van der Waals surface area contributed by atoms with Crippen molar-refractivity contribution in [3.63, 3.8) is 0 Å². The van der Waals surface area contributed by atoms with Crippen LogP contribution in [0.15, 0.2) is 0 Å². The molecule has 0 radical (unpaired) electrons. The zero-order chi connectivity index (χ0) is 16.3. The molecule has 126 valence electrons. The number of hydrogen-bond donors (Lipinski definition) is 1. The lowest BCUT2D eigenvalue weighted by Gasteiger charge is -2.35. The molecule has 2 aliphatic rings. The number of carboxylic acids is 1. The average Bonchev–Trinajstić information content (AvgIpc) is 2.46. The minimum Gasteiger partial charge on any atom is -0.480 e. The first kappa shape index (κ1) is 17.1. The number of hydrogen-bond acceptors (Lipinski definition) is 2. The van der Waals surface area contributed by atoms with Gasteiger partial charge in [0.2, 0.25) is 5.91 Å². The van der Waals surface area contributed by atoms with Gasteiger partial charge in [0.05, 0.1) is 5.92 Å². The van der Waals surface area contributed by atoms with Crippen LogP contribution in [0.4, 0.5) is 13.2 Å². The number of carbonyl (C=O) groups is 2. The van der Waals surface area contributed by atoms with Crippen LogP contribution < -0.4 is 0 Å². The van der Waals surface area contributed by atoms with Gasteiger partial charge in [0.25, 0.3) is 0 Å². The average molecular weight is 321 g/mol. The van der Waals surface area contributed by atoms with Crippen molar-refractivity contribution >= 4 is 11.9 Å². The van der Waals surface area contributed by atoms with E-state index in [9.17, 15) is 22.8 Å². The molecule has 1 aliphatic carbocycles. The summed E-state index contributed by atoms with van der Waals surface area (Å²) in [5.74, 6) is -2.51. The van der Waals surface area contributed by atoms with Crippen molar-refractivity contribution in [2.24, 2.45) is 11.8 Å². The number of rotatable bonds is 3. The van der Waals surface area contributed by atoms with E-state index in [1.54, 1.807) is 0 Å². The van der Waals surface area contributed by atoms with Crippen LogP contribution in [0.1, 0.15) is 51.4 Å². The fourth-order valence-electron chi connectivity index (χ4n) is 3.54. The third-order valence-electron chi connectivity index (χ3n) is 4.88. The van der Waals surface area contributed by atoms with Crippen LogP contribution in [0.5, 0.6) is 0 Å². The van der Waals surface area contributed by atoms with Crippen molar-refractivity contribution in [1.29, 1.82) is 0 Å². The van der Waals surface area contributed by atoms with Gasteiger partial charge in [-0.3, -0.25) is 4.79 Å². The second kappa shape index (κ2) is 6.87. The van der Waals surface area contributed by atoms with Gasteiger partial charge in [0, 0.05) is 13.0 Å². The summed E-state index contributed by atoms with van der Waals surface area (Å²) in [6.45, 7) is 0.438. The van der Waals surface area contributed by atoms with Crippen LogP contribution in [0, 0.1) is 11.8 Å². The van der Waals surface area contributed by atoms with E-state index in [2.05, 4.69) is 0 Å². The number of likely N-dealkylation sites (tertiary alicyclic amines) is 1. The third kappa shape index (κ3) is 4.14. The monoisotopic (exact) mass is 321 g/mol. The normalized spacial score (nSPS) is 30.1. The van der Waals surface area contributed by atoms with Crippen molar-refractivity contribution in [3.05, 3.63) is 0 Å². The summed E-state index contributed by atoms with van der Waals surface area (Å²) in [4.78, 5) is 24.9. The Kier molecular flexibility index (Phi) is 5.34. The van der Waals surface area contributed by atoms with E-state index >= 15 is 0 Å². The van der Waals surface area contributed by atoms with Crippen LogP contribution in [0.2, 0.25) is 0 Å². The van der Waals surface area contributed by atoms with Gasteiger partial charge in [-0.2, -0.15) is 13.2 Å². The summed E-state index contributed by atoms with van der Waals surface area (Å²) in [5, 5.41) is 9.17. The van der Waals surface area contributed by atoms with Crippen LogP contribution in [-0.2, 0) is 9.59 Å². The Hall–Kier alpha value is -1.27. The fraction of sp³-hybridized carbons (Fsp3) is 0.867. The molecule has 0 aromatic heterocycles. The molecule has 7 heteroatoms. The van der Waals surface area contributed by atoms with Gasteiger partial charge in [-0.05, 0) is 50.9 Å². The fourth-order valence-corrected chi connectivity index (χ4v) is 3.54. The highest BCUT2D eigenvalue weighted by Crippen LogP contribution is 2.40. The van der Waals surface area contributed by atoms with Crippen molar-refractivity contribution in [3.8, 4) is 0 Å². The summed E-state index contributed by atoms with van der Waals surface area (Å²) >= 11 is 0. The molecule has 1 saturated heterocycles. The highest BCUT2D eigenvalue weighted by molar-refractivity contribution is 5.84. The Labute approximate surface area is 127 Å². The largest absolute Gasteiger partial charge is 0.480 e. The van der Waals surface area contributed by atoms with Crippen LogP contribution in [-0.4, -0.2) is 40.6 Å². The maximum atomic E-state index is 12.6. The lowest BCUT2D eigenvalue weighted by Crippen LogP contribution is -2.48. The van der Waals surface area contributed by atoms with E-state index in [0.717, 1.165) is 12.8 Å². The van der Waals surface area contributed by atoms with E-state index in [4.69, 9.17) is 5.11 Å². The SMILES string of the molecule is O=C(O)[C@H]1CCCCN1C(=O)CC1CCC(C(F)(F)F)CC1. The molecule has 0 unspecified atom stereocenters. The number of halogens is 3. The molecule has 1 atom stereocenters. The molecular formula is C15H22F3NO3. The number of carboxylic acid groups (broad SMARTS) is 1. The molecule has 1 amide bonds. The zero-order valence-electron chi connectivity index (χ0n) is 12.4. The highest BCUT2D eigenvalue weighted by Gasteiger charge is 2.42. The summed E-state index contributed by atoms with van der Waals surface area (Å²) < 4.78 is 37.9. The predicted molar refractivity (Wildman–Crippen MR) is 73.1 cm³/mol.